The molecular weight excluding hydrogens is 498 g/mol. The summed E-state index contributed by atoms with van der Waals surface area (Å²) in [5.74, 6) is -0.545. The molecule has 0 saturated heterocycles. The van der Waals surface area contributed by atoms with Crippen molar-refractivity contribution in [1.82, 2.24) is 10.2 Å². The molecule has 0 aromatic heterocycles. The van der Waals surface area contributed by atoms with E-state index in [1.165, 1.54) is 11.9 Å². The van der Waals surface area contributed by atoms with Crippen LogP contribution >= 0.6 is 0 Å². The lowest BCUT2D eigenvalue weighted by atomic mass is 10.0. The Hall–Kier alpha value is -3.65. The first-order chi connectivity index (χ1) is 17.9. The molecule has 1 N–H and O–H groups in total. The van der Waals surface area contributed by atoms with Crippen LogP contribution in [0.25, 0.3) is 0 Å². The van der Waals surface area contributed by atoms with Crippen LogP contribution in [0, 0.1) is 13.8 Å². The fraction of sp³-hybridized carbons (Fsp3) is 0.333. The predicted octanol–water partition coefficient (Wildman–Crippen LogP) is 4.79. The number of nitrogens with one attached hydrogen (secondary N) is 1. The lowest BCUT2D eigenvalue weighted by Gasteiger charge is -2.32. The minimum absolute atomic E-state index is 0.0910. The van der Waals surface area contributed by atoms with Crippen LogP contribution in [0.3, 0.4) is 0 Å². The van der Waals surface area contributed by atoms with E-state index in [4.69, 9.17) is 0 Å². The largest absolute Gasteiger partial charge is 0.357 e. The molecule has 3 aromatic carbocycles. The number of aryl methyl sites for hydroxylation is 2. The van der Waals surface area contributed by atoms with E-state index in [9.17, 15) is 18.0 Å². The first kappa shape index (κ1) is 28.9. The van der Waals surface area contributed by atoms with Crippen molar-refractivity contribution in [1.29, 1.82) is 0 Å². The first-order valence-electron chi connectivity index (χ1n) is 12.7. The molecule has 0 aliphatic heterocycles. The summed E-state index contributed by atoms with van der Waals surface area (Å²) in [4.78, 5) is 27.9. The smallest absolute Gasteiger partial charge is 0.264 e. The molecular formula is C30H37N3O4S. The van der Waals surface area contributed by atoms with Crippen LogP contribution in [0.15, 0.2) is 77.7 Å². The number of carbonyl (C=O) groups excluding carboxylic acids is 2. The van der Waals surface area contributed by atoms with Gasteiger partial charge in [0.05, 0.1) is 10.6 Å². The van der Waals surface area contributed by atoms with Gasteiger partial charge in [0.15, 0.2) is 0 Å². The third kappa shape index (κ3) is 6.81. The fourth-order valence-electron chi connectivity index (χ4n) is 4.07. The van der Waals surface area contributed by atoms with Gasteiger partial charge in [0.1, 0.15) is 12.6 Å². The molecule has 3 aromatic rings. The lowest BCUT2D eigenvalue weighted by Crippen LogP contribution is -2.50. The molecule has 202 valence electrons. The number of carbonyl (C=O) groups is 2. The van der Waals surface area contributed by atoms with Crippen LogP contribution in [0.2, 0.25) is 0 Å². The summed E-state index contributed by atoms with van der Waals surface area (Å²) in [5, 5.41) is 2.59. The molecule has 0 aliphatic carbocycles. The predicted molar refractivity (Wildman–Crippen MR) is 151 cm³/mol. The van der Waals surface area contributed by atoms with E-state index in [-0.39, 0.29) is 23.3 Å². The number of anilines is 1. The number of sulfonamides is 1. The van der Waals surface area contributed by atoms with E-state index in [2.05, 4.69) is 19.2 Å². The van der Waals surface area contributed by atoms with Crippen molar-refractivity contribution >= 4 is 27.5 Å². The van der Waals surface area contributed by atoms with Gasteiger partial charge in [-0.15, -0.1) is 0 Å². The van der Waals surface area contributed by atoms with Crippen LogP contribution in [0.1, 0.15) is 48.9 Å². The topological polar surface area (TPSA) is 86.8 Å². The van der Waals surface area contributed by atoms with Gasteiger partial charge in [-0.25, -0.2) is 8.42 Å². The van der Waals surface area contributed by atoms with E-state index >= 15 is 0 Å². The lowest BCUT2D eigenvalue weighted by molar-refractivity contribution is -0.139. The number of amides is 2. The maximum Gasteiger partial charge on any atom is 0.264 e. The number of hydrogen-bond acceptors (Lipinski definition) is 4. The summed E-state index contributed by atoms with van der Waals surface area (Å²) in [6.07, 6.45) is 0. The van der Waals surface area contributed by atoms with E-state index in [1.54, 1.807) is 43.3 Å². The zero-order valence-electron chi connectivity index (χ0n) is 22.9. The van der Waals surface area contributed by atoms with Gasteiger partial charge in [-0.05, 0) is 62.1 Å². The normalized spacial score (nSPS) is 12.2. The highest BCUT2D eigenvalue weighted by atomic mass is 32.2. The van der Waals surface area contributed by atoms with Crippen molar-refractivity contribution < 1.29 is 18.0 Å². The van der Waals surface area contributed by atoms with Crippen LogP contribution in [0.5, 0.6) is 0 Å². The van der Waals surface area contributed by atoms with Crippen LogP contribution in [-0.2, 0) is 26.2 Å². The highest BCUT2D eigenvalue weighted by Crippen LogP contribution is 2.27. The Kier molecular flexibility index (Phi) is 9.33. The molecule has 7 nitrogen and oxygen atoms in total. The van der Waals surface area contributed by atoms with E-state index in [1.807, 2.05) is 50.2 Å². The van der Waals surface area contributed by atoms with Gasteiger partial charge in [-0.3, -0.25) is 13.9 Å². The number of nitrogens with zero attached hydrogens (tertiary/aromatic N) is 2. The average molecular weight is 536 g/mol. The van der Waals surface area contributed by atoms with E-state index < -0.39 is 28.5 Å². The Balaban J connectivity index is 2.03. The minimum atomic E-state index is -4.08. The van der Waals surface area contributed by atoms with Crippen molar-refractivity contribution in [3.63, 3.8) is 0 Å². The van der Waals surface area contributed by atoms with Gasteiger partial charge < -0.3 is 10.2 Å². The second-order valence-corrected chi connectivity index (χ2v) is 11.7. The minimum Gasteiger partial charge on any atom is -0.357 e. The molecule has 0 unspecified atom stereocenters. The zero-order chi connectivity index (χ0) is 28.0. The molecule has 8 heteroatoms. The third-order valence-corrected chi connectivity index (χ3v) is 8.41. The fourth-order valence-corrected chi connectivity index (χ4v) is 5.49. The first-order valence-corrected chi connectivity index (χ1v) is 14.1. The quantitative estimate of drug-likeness (QED) is 0.405. The molecule has 0 spiro atoms. The number of benzene rings is 3. The van der Waals surface area contributed by atoms with Gasteiger partial charge in [0, 0.05) is 13.6 Å². The van der Waals surface area contributed by atoms with Crippen LogP contribution in [-0.4, -0.2) is 44.8 Å². The second-order valence-electron chi connectivity index (χ2n) is 9.87. The highest BCUT2D eigenvalue weighted by molar-refractivity contribution is 7.92. The molecule has 38 heavy (non-hydrogen) atoms. The van der Waals surface area contributed by atoms with E-state index in [0.29, 0.717) is 5.69 Å². The standard InChI is InChI=1S/C30H37N3O4S/c1-21(2)26-13-15-27(16-14-26)33(38(36,37)28-17-9-23(4)10-18-28)20-29(34)32(24(5)30(35)31-6)19-25-11-7-22(3)8-12-25/h7-18,21,24H,19-20H2,1-6H3,(H,31,35)/t24-/m1/s1. The summed E-state index contributed by atoms with van der Waals surface area (Å²) >= 11 is 0. The van der Waals surface area contributed by atoms with Crippen molar-refractivity contribution in [2.24, 2.45) is 0 Å². The molecule has 0 aliphatic rings. The Bertz CT molecular complexity index is 1350. The van der Waals surface area contributed by atoms with Crippen molar-refractivity contribution in [3.8, 4) is 0 Å². The molecule has 0 heterocycles. The second kappa shape index (κ2) is 12.3. The highest BCUT2D eigenvalue weighted by Gasteiger charge is 2.32. The summed E-state index contributed by atoms with van der Waals surface area (Å²) in [7, 11) is -2.57. The number of likely N-dealkylation sites (N-methyl/N-ethyl adjacent to an activating group) is 1. The van der Waals surface area contributed by atoms with Gasteiger partial charge in [-0.2, -0.15) is 0 Å². The molecule has 0 fully saturated rings. The van der Waals surface area contributed by atoms with Crippen LogP contribution in [0.4, 0.5) is 5.69 Å². The summed E-state index contributed by atoms with van der Waals surface area (Å²) in [5.41, 5.74) is 4.28. The van der Waals surface area contributed by atoms with Crippen molar-refractivity contribution in [2.45, 2.75) is 58.0 Å². The van der Waals surface area contributed by atoms with Gasteiger partial charge in [0.2, 0.25) is 11.8 Å². The van der Waals surface area contributed by atoms with Crippen LogP contribution < -0.4 is 9.62 Å². The summed E-state index contributed by atoms with van der Waals surface area (Å²) in [6.45, 7) is 9.32. The molecule has 0 bridgehead atoms. The van der Waals surface area contributed by atoms with Gasteiger partial charge in [-0.1, -0.05) is 73.5 Å². The number of rotatable bonds is 10. The Morgan fingerprint density at radius 3 is 1.84 bits per heavy atom. The Labute approximate surface area is 226 Å². The molecule has 2 amide bonds. The zero-order valence-corrected chi connectivity index (χ0v) is 23.7. The van der Waals surface area contributed by atoms with Crippen molar-refractivity contribution in [3.05, 3.63) is 95.1 Å². The SMILES string of the molecule is CNC(=O)[C@@H](C)N(Cc1ccc(C)cc1)C(=O)CN(c1ccc(C(C)C)cc1)S(=O)(=O)c1ccc(C)cc1. The molecule has 0 radical (unpaired) electrons. The summed E-state index contributed by atoms with van der Waals surface area (Å²) < 4.78 is 28.8. The summed E-state index contributed by atoms with van der Waals surface area (Å²) in [6, 6.07) is 20.6. The number of hydrogen-bond donors (Lipinski definition) is 1. The maximum atomic E-state index is 13.9. The van der Waals surface area contributed by atoms with Crippen molar-refractivity contribution in [2.75, 3.05) is 17.9 Å². The van der Waals surface area contributed by atoms with Gasteiger partial charge >= 0.3 is 0 Å². The molecule has 0 saturated carbocycles. The average Bonchev–Trinajstić information content (AvgIpc) is 2.90. The molecule has 3 rings (SSSR count). The monoisotopic (exact) mass is 535 g/mol. The third-order valence-electron chi connectivity index (χ3n) is 6.62. The Morgan fingerprint density at radius 1 is 0.816 bits per heavy atom. The maximum absolute atomic E-state index is 13.9. The Morgan fingerprint density at radius 2 is 1.34 bits per heavy atom. The van der Waals surface area contributed by atoms with E-state index in [0.717, 1.165) is 26.6 Å². The van der Waals surface area contributed by atoms with Gasteiger partial charge in [0.25, 0.3) is 10.0 Å². The molecule has 1 atom stereocenters.